The van der Waals surface area contributed by atoms with Gasteiger partial charge in [0.05, 0.1) is 12.2 Å². The van der Waals surface area contributed by atoms with Gasteiger partial charge in [-0.1, -0.05) is 36.4 Å². The number of carbonyl (C=O) groups excluding carboxylic acids is 3. The number of para-hydroxylation sites is 2. The summed E-state index contributed by atoms with van der Waals surface area (Å²) in [6, 6.07) is 16.7. The SMILES string of the molecule is CC(=O)N(CCNCC(O)COc1ccccc1C)N(C(C)=O)c1ccccc1.O=C1CCN1. The highest BCUT2D eigenvalue weighted by Gasteiger charge is 2.22. The van der Waals surface area contributed by atoms with E-state index in [4.69, 9.17) is 4.74 Å². The number of aryl methyl sites for hydroxylation is 1. The van der Waals surface area contributed by atoms with Crippen molar-refractivity contribution in [3.63, 3.8) is 0 Å². The summed E-state index contributed by atoms with van der Waals surface area (Å²) >= 11 is 0. The zero-order valence-corrected chi connectivity index (χ0v) is 20.0. The van der Waals surface area contributed by atoms with Crippen molar-refractivity contribution in [2.75, 3.05) is 37.8 Å². The minimum atomic E-state index is -0.696. The highest BCUT2D eigenvalue weighted by Crippen LogP contribution is 2.17. The molecule has 0 aliphatic carbocycles. The molecule has 1 fully saturated rings. The summed E-state index contributed by atoms with van der Waals surface area (Å²) < 4.78 is 5.64. The molecule has 0 radical (unpaired) electrons. The number of β-lactam (4-membered cyclic amide) rings is 1. The van der Waals surface area contributed by atoms with Crippen LogP contribution in [0, 0.1) is 6.92 Å². The van der Waals surface area contributed by atoms with Gasteiger partial charge in [-0.05, 0) is 30.7 Å². The normalized spacial score (nSPS) is 12.9. The molecule has 2 aromatic rings. The summed E-state index contributed by atoms with van der Waals surface area (Å²) in [5, 5.41) is 18.5. The van der Waals surface area contributed by atoms with Crippen molar-refractivity contribution in [3.05, 3.63) is 60.2 Å². The third-order valence-corrected chi connectivity index (χ3v) is 4.98. The van der Waals surface area contributed by atoms with Crippen molar-refractivity contribution >= 4 is 23.4 Å². The Morgan fingerprint density at radius 2 is 1.71 bits per heavy atom. The molecule has 1 aliphatic heterocycles. The monoisotopic (exact) mass is 470 g/mol. The van der Waals surface area contributed by atoms with Crippen molar-refractivity contribution in [1.29, 1.82) is 0 Å². The topological polar surface area (TPSA) is 111 Å². The molecule has 1 atom stereocenters. The number of carbonyl (C=O) groups is 3. The molecular formula is C25H34N4O5. The Balaban J connectivity index is 0.000000720. The highest BCUT2D eigenvalue weighted by atomic mass is 16.5. The predicted octanol–water partition coefficient (Wildman–Crippen LogP) is 1.65. The van der Waals surface area contributed by atoms with Crippen molar-refractivity contribution < 1.29 is 24.2 Å². The highest BCUT2D eigenvalue weighted by molar-refractivity contribution is 5.94. The van der Waals surface area contributed by atoms with E-state index in [0.717, 1.165) is 24.3 Å². The summed E-state index contributed by atoms with van der Waals surface area (Å²) in [7, 11) is 0. The average molecular weight is 471 g/mol. The van der Waals surface area contributed by atoms with Crippen LogP contribution in [-0.2, 0) is 14.4 Å². The second-order valence-corrected chi connectivity index (χ2v) is 7.84. The summed E-state index contributed by atoms with van der Waals surface area (Å²) in [6.45, 7) is 6.85. The average Bonchev–Trinajstić information content (AvgIpc) is 2.79. The van der Waals surface area contributed by atoms with Crippen LogP contribution >= 0.6 is 0 Å². The number of hydrogen-bond acceptors (Lipinski definition) is 6. The Hall–Kier alpha value is -3.43. The molecule has 3 rings (SSSR count). The Labute approximate surface area is 200 Å². The number of amides is 3. The van der Waals surface area contributed by atoms with Gasteiger partial charge in [0.25, 0.3) is 0 Å². The van der Waals surface area contributed by atoms with Gasteiger partial charge >= 0.3 is 0 Å². The van der Waals surface area contributed by atoms with Gasteiger partial charge in [0.1, 0.15) is 18.5 Å². The van der Waals surface area contributed by atoms with Crippen LogP contribution in [0.2, 0.25) is 0 Å². The number of hydrazine groups is 1. The number of anilines is 1. The minimum Gasteiger partial charge on any atom is -0.491 e. The van der Waals surface area contributed by atoms with Crippen LogP contribution in [0.5, 0.6) is 5.75 Å². The zero-order valence-electron chi connectivity index (χ0n) is 20.0. The molecule has 0 spiro atoms. The molecular weight excluding hydrogens is 436 g/mol. The second-order valence-electron chi connectivity index (χ2n) is 7.84. The lowest BCUT2D eigenvalue weighted by atomic mass is 10.2. The first-order valence-corrected chi connectivity index (χ1v) is 11.3. The largest absolute Gasteiger partial charge is 0.491 e. The second kappa shape index (κ2) is 14.0. The lowest BCUT2D eigenvalue weighted by Gasteiger charge is -2.33. The number of nitrogens with zero attached hydrogens (tertiary/aromatic N) is 2. The third kappa shape index (κ3) is 8.84. The molecule has 2 aromatic carbocycles. The lowest BCUT2D eigenvalue weighted by molar-refractivity contribution is -0.134. The van der Waals surface area contributed by atoms with E-state index in [0.29, 0.717) is 18.8 Å². The quantitative estimate of drug-likeness (QED) is 0.292. The van der Waals surface area contributed by atoms with Crippen LogP contribution in [0.4, 0.5) is 5.69 Å². The first-order valence-electron chi connectivity index (χ1n) is 11.3. The van der Waals surface area contributed by atoms with E-state index in [1.54, 1.807) is 12.1 Å². The number of rotatable bonds is 9. The van der Waals surface area contributed by atoms with Crippen molar-refractivity contribution in [2.45, 2.75) is 33.3 Å². The smallest absolute Gasteiger partial charge is 0.242 e. The fraction of sp³-hybridized carbons (Fsp3) is 0.400. The van der Waals surface area contributed by atoms with Crippen molar-refractivity contribution in [3.8, 4) is 5.75 Å². The molecule has 9 heteroatoms. The van der Waals surface area contributed by atoms with Crippen LogP contribution in [0.3, 0.4) is 0 Å². The van der Waals surface area contributed by atoms with E-state index in [9.17, 15) is 19.5 Å². The molecule has 34 heavy (non-hydrogen) atoms. The van der Waals surface area contributed by atoms with Crippen molar-refractivity contribution in [1.82, 2.24) is 15.6 Å². The van der Waals surface area contributed by atoms with Gasteiger partial charge in [-0.3, -0.25) is 14.4 Å². The van der Waals surface area contributed by atoms with E-state index < -0.39 is 6.10 Å². The standard InChI is InChI=1S/C22H29N3O4.C3H5NO/c1-17-9-7-8-12-22(17)29-16-21(28)15-23-13-14-24(18(2)26)25(19(3)27)20-10-5-4-6-11-20;5-3-1-2-4-3/h4-12,21,23,28H,13-16H2,1-3H3;1-2H2,(H,4,5). The van der Waals surface area contributed by atoms with E-state index in [-0.39, 0.29) is 30.9 Å². The summed E-state index contributed by atoms with van der Waals surface area (Å²) in [6.07, 6.45) is 0.0402. The molecule has 1 unspecified atom stereocenters. The number of aliphatic hydroxyl groups excluding tert-OH is 1. The number of aliphatic hydroxyl groups is 1. The lowest BCUT2D eigenvalue weighted by Crippen LogP contribution is -2.51. The summed E-state index contributed by atoms with van der Waals surface area (Å²) in [5.74, 6) is 0.437. The Morgan fingerprint density at radius 1 is 1.09 bits per heavy atom. The van der Waals surface area contributed by atoms with E-state index >= 15 is 0 Å². The summed E-state index contributed by atoms with van der Waals surface area (Å²) in [4.78, 5) is 34.0. The van der Waals surface area contributed by atoms with E-state index in [1.807, 2.05) is 49.4 Å². The molecule has 1 aliphatic rings. The molecule has 0 bridgehead atoms. The maximum Gasteiger partial charge on any atom is 0.242 e. The molecule has 0 saturated carbocycles. The maximum atomic E-state index is 12.1. The van der Waals surface area contributed by atoms with Gasteiger partial charge in [0.2, 0.25) is 17.7 Å². The van der Waals surface area contributed by atoms with E-state index in [1.165, 1.54) is 23.9 Å². The van der Waals surface area contributed by atoms with Gasteiger partial charge in [-0.15, -0.1) is 0 Å². The first-order chi connectivity index (χ1) is 16.3. The zero-order chi connectivity index (χ0) is 24.9. The first kappa shape index (κ1) is 26.8. The van der Waals surface area contributed by atoms with Crippen LogP contribution in [0.15, 0.2) is 54.6 Å². The van der Waals surface area contributed by atoms with Crippen LogP contribution in [-0.4, -0.2) is 66.7 Å². The molecule has 1 heterocycles. The number of nitrogens with one attached hydrogen (secondary N) is 2. The number of benzene rings is 2. The Bertz CT molecular complexity index is 932. The molecule has 1 saturated heterocycles. The van der Waals surface area contributed by atoms with Crippen LogP contribution < -0.4 is 20.4 Å². The fourth-order valence-electron chi connectivity index (χ4n) is 3.10. The van der Waals surface area contributed by atoms with Crippen LogP contribution in [0.1, 0.15) is 25.8 Å². The molecule has 3 N–H and O–H groups in total. The Morgan fingerprint density at radius 3 is 2.24 bits per heavy atom. The van der Waals surface area contributed by atoms with Gasteiger partial charge in [0, 0.05) is 39.9 Å². The molecule has 184 valence electrons. The van der Waals surface area contributed by atoms with Crippen molar-refractivity contribution in [2.24, 2.45) is 0 Å². The maximum absolute atomic E-state index is 12.1. The van der Waals surface area contributed by atoms with Gasteiger partial charge in [-0.25, -0.2) is 10.0 Å². The van der Waals surface area contributed by atoms with E-state index in [2.05, 4.69) is 10.6 Å². The Kier molecular flexibility index (Phi) is 11.0. The third-order valence-electron chi connectivity index (χ3n) is 4.98. The molecule has 3 amide bonds. The number of ether oxygens (including phenoxy) is 1. The summed E-state index contributed by atoms with van der Waals surface area (Å²) in [5.41, 5.74) is 1.64. The minimum absolute atomic E-state index is 0.165. The van der Waals surface area contributed by atoms with Gasteiger partial charge < -0.3 is 20.5 Å². The van der Waals surface area contributed by atoms with Crippen LogP contribution in [0.25, 0.3) is 0 Å². The van der Waals surface area contributed by atoms with Gasteiger partial charge in [0.15, 0.2) is 0 Å². The molecule has 9 nitrogen and oxygen atoms in total. The van der Waals surface area contributed by atoms with Gasteiger partial charge in [-0.2, -0.15) is 0 Å². The molecule has 0 aromatic heterocycles. The predicted molar refractivity (Wildman–Crippen MR) is 130 cm³/mol. The fourth-order valence-corrected chi connectivity index (χ4v) is 3.10. The number of hydrogen-bond donors (Lipinski definition) is 3.